The van der Waals surface area contributed by atoms with Gasteiger partial charge in [0.25, 0.3) is 0 Å². The molecule has 1 rings (SSSR count). The Labute approximate surface area is 105 Å². The number of hydrogen-bond acceptors (Lipinski definition) is 4. The van der Waals surface area contributed by atoms with Gasteiger partial charge < -0.3 is 22.6 Å². The number of likely N-dealkylation sites (N-methyl/N-ethyl adjacent to an activating group) is 1. The standard InChI is InChI=1S/C9H16N3O2S.ClH/c1-12(2,6-5-10)7-8-3-4-9(15-8)11(13)14;/h3-4H,5-7,10H2,1-2H3;1H/q+1;/p-1. The largest absolute Gasteiger partial charge is 1.00 e. The second-order valence-electron chi connectivity index (χ2n) is 4.10. The predicted octanol–water partition coefficient (Wildman–Crippen LogP) is -1.80. The van der Waals surface area contributed by atoms with Crippen LogP contribution in [0.1, 0.15) is 4.88 Å². The summed E-state index contributed by atoms with van der Waals surface area (Å²) in [5.74, 6) is 0. The highest BCUT2D eigenvalue weighted by molar-refractivity contribution is 7.15. The van der Waals surface area contributed by atoms with E-state index in [-0.39, 0.29) is 22.3 Å². The van der Waals surface area contributed by atoms with Crippen LogP contribution in [0.15, 0.2) is 12.1 Å². The maximum Gasteiger partial charge on any atom is 0.324 e. The quantitative estimate of drug-likeness (QED) is 0.388. The van der Waals surface area contributed by atoms with Crippen LogP contribution in [-0.2, 0) is 6.54 Å². The molecular formula is C9H16ClN3O2S. The van der Waals surface area contributed by atoms with Crippen LogP contribution in [0.25, 0.3) is 0 Å². The van der Waals surface area contributed by atoms with Crippen molar-refractivity contribution in [2.45, 2.75) is 6.54 Å². The molecule has 92 valence electrons. The van der Waals surface area contributed by atoms with Gasteiger partial charge in [-0.2, -0.15) is 0 Å². The van der Waals surface area contributed by atoms with E-state index < -0.39 is 0 Å². The van der Waals surface area contributed by atoms with Crippen LogP contribution in [0, 0.1) is 10.1 Å². The minimum absolute atomic E-state index is 0. The van der Waals surface area contributed by atoms with Gasteiger partial charge in [-0.15, -0.1) is 0 Å². The third-order valence-electron chi connectivity index (χ3n) is 2.15. The lowest BCUT2D eigenvalue weighted by atomic mass is 10.3. The molecule has 1 heterocycles. The second-order valence-corrected chi connectivity index (χ2v) is 5.25. The summed E-state index contributed by atoms with van der Waals surface area (Å²) >= 11 is 1.24. The molecule has 5 nitrogen and oxygen atoms in total. The smallest absolute Gasteiger partial charge is 0.324 e. The van der Waals surface area contributed by atoms with Gasteiger partial charge >= 0.3 is 5.00 Å². The molecule has 0 saturated heterocycles. The van der Waals surface area contributed by atoms with Gasteiger partial charge in [0.15, 0.2) is 0 Å². The van der Waals surface area contributed by atoms with Crippen LogP contribution < -0.4 is 18.1 Å². The first-order chi connectivity index (χ1) is 6.94. The van der Waals surface area contributed by atoms with Crippen LogP contribution in [0.4, 0.5) is 5.00 Å². The van der Waals surface area contributed by atoms with Gasteiger partial charge in [-0.05, 0) is 6.07 Å². The molecule has 0 aliphatic carbocycles. The number of rotatable bonds is 5. The van der Waals surface area contributed by atoms with Gasteiger partial charge in [-0.1, -0.05) is 11.3 Å². The summed E-state index contributed by atoms with van der Waals surface area (Å²) in [4.78, 5) is 11.2. The Kier molecular flexibility index (Phi) is 5.88. The van der Waals surface area contributed by atoms with E-state index >= 15 is 0 Å². The van der Waals surface area contributed by atoms with Crippen LogP contribution in [-0.4, -0.2) is 36.6 Å². The third-order valence-corrected chi connectivity index (χ3v) is 3.17. The molecule has 7 heteroatoms. The molecule has 2 N–H and O–H groups in total. The fourth-order valence-corrected chi connectivity index (χ4v) is 2.43. The van der Waals surface area contributed by atoms with Crippen LogP contribution in [0.2, 0.25) is 0 Å². The van der Waals surface area contributed by atoms with E-state index in [4.69, 9.17) is 5.73 Å². The Balaban J connectivity index is 0.00000225. The van der Waals surface area contributed by atoms with Crippen molar-refractivity contribution in [3.8, 4) is 0 Å². The van der Waals surface area contributed by atoms with Crippen molar-refractivity contribution in [3.63, 3.8) is 0 Å². The molecule has 0 saturated carbocycles. The molecule has 0 amide bonds. The van der Waals surface area contributed by atoms with E-state index in [0.29, 0.717) is 6.54 Å². The summed E-state index contributed by atoms with van der Waals surface area (Å²) in [6, 6.07) is 3.38. The average Bonchev–Trinajstić information content (AvgIpc) is 2.51. The number of hydrogen-bond donors (Lipinski definition) is 1. The first-order valence-corrected chi connectivity index (χ1v) is 5.51. The number of thiophene rings is 1. The zero-order valence-corrected chi connectivity index (χ0v) is 10.9. The zero-order valence-electron chi connectivity index (χ0n) is 9.35. The summed E-state index contributed by atoms with van der Waals surface area (Å²) in [5, 5.41) is 10.7. The summed E-state index contributed by atoms with van der Waals surface area (Å²) in [6.45, 7) is 2.28. The number of halogens is 1. The summed E-state index contributed by atoms with van der Waals surface area (Å²) in [5.41, 5.74) is 5.50. The molecule has 1 aromatic heterocycles. The number of nitrogens with two attached hydrogens (primary N) is 1. The Bertz CT molecular complexity index is 354. The van der Waals surface area contributed by atoms with Crippen molar-refractivity contribution in [2.75, 3.05) is 27.2 Å². The average molecular weight is 266 g/mol. The lowest BCUT2D eigenvalue weighted by Gasteiger charge is -2.28. The minimum atomic E-state index is -0.350. The third kappa shape index (κ3) is 4.44. The lowest BCUT2D eigenvalue weighted by molar-refractivity contribution is -0.901. The van der Waals surface area contributed by atoms with Gasteiger partial charge in [-0.3, -0.25) is 10.1 Å². The van der Waals surface area contributed by atoms with Crippen molar-refractivity contribution in [3.05, 3.63) is 27.1 Å². The molecule has 0 fully saturated rings. The number of nitro groups is 1. The molecule has 0 radical (unpaired) electrons. The van der Waals surface area contributed by atoms with Crippen LogP contribution in [0.5, 0.6) is 0 Å². The monoisotopic (exact) mass is 265 g/mol. The van der Waals surface area contributed by atoms with Gasteiger partial charge in [0.05, 0.1) is 30.4 Å². The zero-order chi connectivity index (χ0) is 11.5. The Morgan fingerprint density at radius 3 is 2.56 bits per heavy atom. The molecule has 16 heavy (non-hydrogen) atoms. The Morgan fingerprint density at radius 1 is 1.50 bits per heavy atom. The highest BCUT2D eigenvalue weighted by atomic mass is 35.5. The predicted molar refractivity (Wildman–Crippen MR) is 60.7 cm³/mol. The number of nitrogens with zero attached hydrogens (tertiary/aromatic N) is 2. The van der Waals surface area contributed by atoms with Gasteiger partial charge in [0.2, 0.25) is 0 Å². The second kappa shape index (κ2) is 6.15. The Morgan fingerprint density at radius 2 is 2.12 bits per heavy atom. The molecule has 0 aliphatic rings. The molecule has 0 unspecified atom stereocenters. The van der Waals surface area contributed by atoms with Crippen molar-refractivity contribution >= 4 is 16.3 Å². The summed E-state index contributed by atoms with van der Waals surface area (Å²) in [7, 11) is 4.14. The Hall–Kier alpha value is -0.690. The van der Waals surface area contributed by atoms with Gasteiger partial charge in [0, 0.05) is 12.6 Å². The fourth-order valence-electron chi connectivity index (χ4n) is 1.40. The molecule has 0 aliphatic heterocycles. The fraction of sp³-hybridized carbons (Fsp3) is 0.556. The molecule has 0 bridgehead atoms. The van der Waals surface area contributed by atoms with Gasteiger partial charge in [0.1, 0.15) is 6.54 Å². The SMILES string of the molecule is C[N+](C)(CCN)Cc1ccc([N+](=O)[O-])s1.[Cl-]. The van der Waals surface area contributed by atoms with E-state index in [1.54, 1.807) is 6.07 Å². The normalized spacial score (nSPS) is 10.9. The first-order valence-electron chi connectivity index (χ1n) is 4.70. The van der Waals surface area contributed by atoms with E-state index in [1.165, 1.54) is 11.3 Å². The van der Waals surface area contributed by atoms with Crippen molar-refractivity contribution in [2.24, 2.45) is 5.73 Å². The lowest BCUT2D eigenvalue weighted by Crippen LogP contribution is -3.00. The molecule has 1 aromatic rings. The van der Waals surface area contributed by atoms with E-state index in [0.717, 1.165) is 22.4 Å². The maximum atomic E-state index is 10.5. The van der Waals surface area contributed by atoms with Crippen molar-refractivity contribution in [1.29, 1.82) is 0 Å². The van der Waals surface area contributed by atoms with E-state index in [2.05, 4.69) is 14.1 Å². The van der Waals surface area contributed by atoms with Crippen LogP contribution in [0.3, 0.4) is 0 Å². The first kappa shape index (κ1) is 15.3. The van der Waals surface area contributed by atoms with Crippen LogP contribution >= 0.6 is 11.3 Å². The highest BCUT2D eigenvalue weighted by Crippen LogP contribution is 2.25. The molecule has 0 aromatic carbocycles. The summed E-state index contributed by atoms with van der Waals surface area (Å²) < 4.78 is 0.758. The van der Waals surface area contributed by atoms with Crippen molar-refractivity contribution < 1.29 is 21.8 Å². The molecule has 0 atom stereocenters. The molecule has 0 spiro atoms. The minimum Gasteiger partial charge on any atom is -1.00 e. The summed E-state index contributed by atoms with van der Waals surface area (Å²) in [6.07, 6.45) is 0. The topological polar surface area (TPSA) is 69.2 Å². The molecular weight excluding hydrogens is 250 g/mol. The van der Waals surface area contributed by atoms with E-state index in [9.17, 15) is 10.1 Å². The maximum absolute atomic E-state index is 10.5. The van der Waals surface area contributed by atoms with Crippen molar-refractivity contribution in [1.82, 2.24) is 0 Å². The van der Waals surface area contributed by atoms with E-state index in [1.807, 2.05) is 6.07 Å². The highest BCUT2D eigenvalue weighted by Gasteiger charge is 2.18. The number of quaternary nitrogens is 1. The van der Waals surface area contributed by atoms with Gasteiger partial charge in [-0.25, -0.2) is 0 Å².